The molecule has 0 amide bonds. The smallest absolute Gasteiger partial charge is 0.189 e. The molecule has 1 aromatic heterocycles. The van der Waals surface area contributed by atoms with E-state index in [-0.39, 0.29) is 11.7 Å². The molecule has 0 aromatic carbocycles. The van der Waals surface area contributed by atoms with Crippen LogP contribution in [-0.4, -0.2) is 34.6 Å². The van der Waals surface area contributed by atoms with E-state index in [1.165, 1.54) is 51.4 Å². The largest absolute Gasteiger partial charge is 0.355 e. The van der Waals surface area contributed by atoms with E-state index in [2.05, 4.69) is 33.7 Å². The van der Waals surface area contributed by atoms with Crippen LogP contribution in [0.5, 0.6) is 0 Å². The summed E-state index contributed by atoms with van der Waals surface area (Å²) in [6.45, 7) is 10.3. The number of unbranched alkanes of at least 4 members (excludes halogenated alkanes) is 6. The SMILES string of the molecule is CCCCCCN(CCCCCC)c1cnc(/C=C2\N=C(C)[C@H](C)C2=O)cn1. The molecule has 1 aromatic rings. The Morgan fingerprint density at radius 2 is 1.61 bits per heavy atom. The lowest BCUT2D eigenvalue weighted by molar-refractivity contribution is -0.116. The number of Topliss-reactive ketones (excluding diaryl/α,β-unsaturated/α-hetero) is 1. The van der Waals surface area contributed by atoms with Gasteiger partial charge in [-0.05, 0) is 32.8 Å². The number of aromatic nitrogens is 2. The molecule has 2 rings (SSSR count). The third-order valence-electron chi connectivity index (χ3n) is 5.40. The van der Waals surface area contributed by atoms with Gasteiger partial charge in [0.25, 0.3) is 0 Å². The molecule has 0 aliphatic carbocycles. The summed E-state index contributed by atoms with van der Waals surface area (Å²) in [4.78, 5) is 28.1. The summed E-state index contributed by atoms with van der Waals surface area (Å²) in [5.41, 5.74) is 2.05. The summed E-state index contributed by atoms with van der Waals surface area (Å²) < 4.78 is 0. The van der Waals surface area contributed by atoms with Crippen LogP contribution in [0, 0.1) is 5.92 Å². The molecule has 1 atom stereocenters. The molecule has 0 fully saturated rings. The van der Waals surface area contributed by atoms with Crippen molar-refractivity contribution in [3.05, 3.63) is 23.8 Å². The fraction of sp³-hybridized carbons (Fsp3) is 0.652. The maximum Gasteiger partial charge on any atom is 0.189 e. The van der Waals surface area contributed by atoms with Gasteiger partial charge in [-0.1, -0.05) is 52.4 Å². The zero-order chi connectivity index (χ0) is 20.4. The Hall–Kier alpha value is -2.04. The number of rotatable bonds is 12. The Balaban J connectivity index is 2.03. The summed E-state index contributed by atoms with van der Waals surface area (Å²) in [6, 6.07) is 0. The zero-order valence-corrected chi connectivity index (χ0v) is 18.1. The Morgan fingerprint density at radius 3 is 2.07 bits per heavy atom. The molecule has 2 heterocycles. The van der Waals surface area contributed by atoms with E-state index in [1.54, 1.807) is 12.3 Å². The summed E-state index contributed by atoms with van der Waals surface area (Å²) in [5.74, 6) is 0.873. The number of carbonyl (C=O) groups excluding carboxylic acids is 1. The zero-order valence-electron chi connectivity index (χ0n) is 18.1. The molecule has 5 heteroatoms. The van der Waals surface area contributed by atoms with Gasteiger partial charge in [-0.2, -0.15) is 0 Å². The van der Waals surface area contributed by atoms with Crippen molar-refractivity contribution in [2.75, 3.05) is 18.0 Å². The number of hydrogen-bond donors (Lipinski definition) is 0. The van der Waals surface area contributed by atoms with Crippen LogP contribution in [0.4, 0.5) is 5.82 Å². The highest BCUT2D eigenvalue weighted by atomic mass is 16.1. The highest BCUT2D eigenvalue weighted by molar-refractivity contribution is 6.18. The molecule has 5 nitrogen and oxygen atoms in total. The van der Waals surface area contributed by atoms with Crippen molar-refractivity contribution < 1.29 is 4.79 Å². The Labute approximate surface area is 170 Å². The average Bonchev–Trinajstić information content (AvgIpc) is 2.94. The molecule has 0 saturated heterocycles. The number of carbonyl (C=O) groups is 1. The Kier molecular flexibility index (Phi) is 9.32. The van der Waals surface area contributed by atoms with Crippen LogP contribution in [-0.2, 0) is 4.79 Å². The quantitative estimate of drug-likeness (QED) is 0.354. The maximum atomic E-state index is 12.2. The lowest BCUT2D eigenvalue weighted by atomic mass is 10.0. The lowest BCUT2D eigenvalue weighted by Gasteiger charge is -2.23. The van der Waals surface area contributed by atoms with E-state index in [0.29, 0.717) is 11.4 Å². The van der Waals surface area contributed by atoms with Gasteiger partial charge >= 0.3 is 0 Å². The minimum atomic E-state index is -0.125. The summed E-state index contributed by atoms with van der Waals surface area (Å²) in [5, 5.41) is 0. The normalized spacial score (nSPS) is 18.0. The van der Waals surface area contributed by atoms with E-state index in [4.69, 9.17) is 0 Å². The Morgan fingerprint density at radius 1 is 0.964 bits per heavy atom. The first-order valence-electron chi connectivity index (χ1n) is 10.9. The van der Waals surface area contributed by atoms with Crippen molar-refractivity contribution in [1.29, 1.82) is 0 Å². The van der Waals surface area contributed by atoms with E-state index >= 15 is 0 Å². The third kappa shape index (κ3) is 6.54. The van der Waals surface area contributed by atoms with Gasteiger partial charge in [-0.15, -0.1) is 0 Å². The van der Waals surface area contributed by atoms with Gasteiger partial charge in [0.1, 0.15) is 11.5 Å². The Bertz CT molecular complexity index is 666. The van der Waals surface area contributed by atoms with Crippen molar-refractivity contribution in [3.63, 3.8) is 0 Å². The molecule has 0 bridgehead atoms. The van der Waals surface area contributed by atoms with Crippen LogP contribution < -0.4 is 4.90 Å². The second kappa shape index (κ2) is 11.7. The van der Waals surface area contributed by atoms with E-state index in [9.17, 15) is 4.79 Å². The summed E-state index contributed by atoms with van der Waals surface area (Å²) in [6.07, 6.45) is 15.3. The molecular formula is C23H36N4O. The molecular weight excluding hydrogens is 348 g/mol. The van der Waals surface area contributed by atoms with Gasteiger partial charge in [0.2, 0.25) is 0 Å². The number of allylic oxidation sites excluding steroid dienone is 1. The predicted molar refractivity (Wildman–Crippen MR) is 118 cm³/mol. The highest BCUT2D eigenvalue weighted by Gasteiger charge is 2.26. The van der Waals surface area contributed by atoms with Crippen LogP contribution in [0.15, 0.2) is 23.1 Å². The monoisotopic (exact) mass is 384 g/mol. The van der Waals surface area contributed by atoms with Gasteiger partial charge in [-0.25, -0.2) is 4.98 Å². The number of ketones is 1. The van der Waals surface area contributed by atoms with E-state index in [1.807, 2.05) is 20.0 Å². The molecule has 0 N–H and O–H groups in total. The van der Waals surface area contributed by atoms with Crippen LogP contribution in [0.3, 0.4) is 0 Å². The number of hydrogen-bond acceptors (Lipinski definition) is 5. The highest BCUT2D eigenvalue weighted by Crippen LogP contribution is 2.21. The standard InChI is InChI=1S/C23H36N4O/c1-5-7-9-11-13-27(14-12-10-8-6-2)22-17-24-20(16-25-22)15-21-23(28)18(3)19(4)26-21/h15-18H,5-14H2,1-4H3/b21-15-/t18-/m0/s1. The van der Waals surface area contributed by atoms with Crippen LogP contribution >= 0.6 is 0 Å². The number of anilines is 1. The van der Waals surface area contributed by atoms with Gasteiger partial charge in [0, 0.05) is 18.8 Å². The van der Waals surface area contributed by atoms with Gasteiger partial charge in [0.05, 0.1) is 24.0 Å². The topological polar surface area (TPSA) is 58.5 Å². The first-order valence-corrected chi connectivity index (χ1v) is 10.9. The fourth-order valence-corrected chi connectivity index (χ4v) is 3.37. The second-order valence-electron chi connectivity index (χ2n) is 7.78. The molecule has 28 heavy (non-hydrogen) atoms. The predicted octanol–water partition coefficient (Wildman–Crippen LogP) is 5.46. The number of aliphatic imine (C=N–C) groups is 1. The first-order chi connectivity index (χ1) is 13.6. The minimum absolute atomic E-state index is 0.0665. The van der Waals surface area contributed by atoms with Crippen LogP contribution in [0.1, 0.15) is 84.8 Å². The first kappa shape index (κ1) is 22.3. The summed E-state index contributed by atoms with van der Waals surface area (Å²) in [7, 11) is 0. The van der Waals surface area contributed by atoms with Crippen molar-refractivity contribution in [2.24, 2.45) is 10.9 Å². The average molecular weight is 385 g/mol. The molecule has 1 aliphatic heterocycles. The number of nitrogens with zero attached hydrogens (tertiary/aromatic N) is 4. The van der Waals surface area contributed by atoms with Crippen molar-refractivity contribution in [3.8, 4) is 0 Å². The van der Waals surface area contributed by atoms with Gasteiger partial charge in [-0.3, -0.25) is 14.8 Å². The molecule has 0 radical (unpaired) electrons. The fourth-order valence-electron chi connectivity index (χ4n) is 3.37. The molecule has 1 aliphatic rings. The van der Waals surface area contributed by atoms with E-state index in [0.717, 1.165) is 24.6 Å². The summed E-state index contributed by atoms with van der Waals surface area (Å²) >= 11 is 0. The van der Waals surface area contributed by atoms with Crippen LogP contribution in [0.25, 0.3) is 6.08 Å². The van der Waals surface area contributed by atoms with Crippen molar-refractivity contribution in [2.45, 2.75) is 79.1 Å². The molecule has 0 saturated carbocycles. The van der Waals surface area contributed by atoms with E-state index < -0.39 is 0 Å². The second-order valence-corrected chi connectivity index (χ2v) is 7.78. The molecule has 0 spiro atoms. The molecule has 154 valence electrons. The third-order valence-corrected chi connectivity index (χ3v) is 5.40. The van der Waals surface area contributed by atoms with Crippen molar-refractivity contribution >= 4 is 23.4 Å². The van der Waals surface area contributed by atoms with Gasteiger partial charge < -0.3 is 4.90 Å². The van der Waals surface area contributed by atoms with Crippen molar-refractivity contribution in [1.82, 2.24) is 9.97 Å². The minimum Gasteiger partial charge on any atom is -0.355 e. The molecule has 0 unspecified atom stereocenters. The maximum absolute atomic E-state index is 12.2. The van der Waals surface area contributed by atoms with Gasteiger partial charge in [0.15, 0.2) is 5.78 Å². The lowest BCUT2D eigenvalue weighted by Crippen LogP contribution is -2.26. The van der Waals surface area contributed by atoms with Crippen LogP contribution in [0.2, 0.25) is 0 Å².